The lowest BCUT2D eigenvalue weighted by Gasteiger charge is -2.13. The van der Waals surface area contributed by atoms with E-state index in [1.165, 1.54) is 12.1 Å². The maximum atomic E-state index is 12.5. The molecule has 2 N–H and O–H groups in total. The number of hydrogen-bond acceptors (Lipinski definition) is 3. The van der Waals surface area contributed by atoms with Crippen molar-refractivity contribution < 1.29 is 13.2 Å². The van der Waals surface area contributed by atoms with Gasteiger partial charge in [0.15, 0.2) is 0 Å². The fourth-order valence-electron chi connectivity index (χ4n) is 2.29. The van der Waals surface area contributed by atoms with Crippen LogP contribution < -0.4 is 10.0 Å². The van der Waals surface area contributed by atoms with Gasteiger partial charge in [0, 0.05) is 5.69 Å². The van der Waals surface area contributed by atoms with Crippen molar-refractivity contribution in [1.29, 1.82) is 0 Å². The summed E-state index contributed by atoms with van der Waals surface area (Å²) in [6, 6.07) is 23.5. The molecule has 0 aliphatic rings. The predicted molar refractivity (Wildman–Crippen MR) is 98.1 cm³/mol. The van der Waals surface area contributed by atoms with Crippen LogP contribution in [-0.2, 0) is 10.0 Å². The van der Waals surface area contributed by atoms with E-state index in [9.17, 15) is 13.2 Å². The maximum Gasteiger partial charge on any atom is 0.261 e. The molecule has 1 amide bonds. The number of carbonyl (C=O) groups excluding carboxylic acids is 1. The van der Waals surface area contributed by atoms with E-state index < -0.39 is 15.9 Å². The first-order valence-electron chi connectivity index (χ1n) is 7.59. The summed E-state index contributed by atoms with van der Waals surface area (Å²) in [5, 5.41) is 2.75. The highest BCUT2D eigenvalue weighted by Crippen LogP contribution is 2.21. The molecule has 3 rings (SSSR count). The molecule has 0 saturated carbocycles. The van der Waals surface area contributed by atoms with E-state index in [2.05, 4.69) is 10.0 Å². The summed E-state index contributed by atoms with van der Waals surface area (Å²) in [6.45, 7) is 0. The van der Waals surface area contributed by atoms with E-state index in [4.69, 9.17) is 0 Å². The van der Waals surface area contributed by atoms with Crippen LogP contribution in [0.15, 0.2) is 89.8 Å². The van der Waals surface area contributed by atoms with Crippen LogP contribution >= 0.6 is 0 Å². The number of sulfonamides is 1. The number of rotatable bonds is 5. The molecule has 25 heavy (non-hydrogen) atoms. The van der Waals surface area contributed by atoms with Crippen molar-refractivity contribution in [2.75, 3.05) is 10.0 Å². The van der Waals surface area contributed by atoms with Gasteiger partial charge in [-0.15, -0.1) is 0 Å². The predicted octanol–water partition coefficient (Wildman–Crippen LogP) is 3.74. The summed E-state index contributed by atoms with van der Waals surface area (Å²) in [4.78, 5) is 12.6. The Kier molecular flexibility index (Phi) is 4.81. The summed E-state index contributed by atoms with van der Waals surface area (Å²) < 4.78 is 27.5. The molecule has 0 aliphatic carbocycles. The fraction of sp³-hybridized carbons (Fsp3) is 0. The molecule has 0 atom stereocenters. The van der Waals surface area contributed by atoms with E-state index in [1.807, 2.05) is 6.07 Å². The number of benzene rings is 3. The van der Waals surface area contributed by atoms with Crippen LogP contribution in [0, 0.1) is 0 Å². The number of carbonyl (C=O) groups is 1. The Bertz CT molecular complexity index is 972. The Labute approximate surface area is 146 Å². The van der Waals surface area contributed by atoms with Crippen LogP contribution in [0.5, 0.6) is 0 Å². The highest BCUT2D eigenvalue weighted by Gasteiger charge is 2.18. The summed E-state index contributed by atoms with van der Waals surface area (Å²) in [6.07, 6.45) is 0. The third-order valence-corrected chi connectivity index (χ3v) is 4.88. The normalized spacial score (nSPS) is 10.9. The van der Waals surface area contributed by atoms with Crippen molar-refractivity contribution in [2.45, 2.75) is 4.90 Å². The van der Waals surface area contributed by atoms with Gasteiger partial charge < -0.3 is 5.32 Å². The molecule has 0 aromatic heterocycles. The molecule has 0 aliphatic heterocycles. The van der Waals surface area contributed by atoms with Gasteiger partial charge in [-0.1, -0.05) is 48.5 Å². The van der Waals surface area contributed by atoms with Crippen molar-refractivity contribution in [3.63, 3.8) is 0 Å². The van der Waals surface area contributed by atoms with Gasteiger partial charge >= 0.3 is 0 Å². The molecule has 0 bridgehead atoms. The Morgan fingerprint density at radius 3 is 1.96 bits per heavy atom. The standard InChI is InChI=1S/C19H16N2O3S/c22-19(20-15-9-3-1-4-10-15)17-13-7-8-14-18(17)21-25(23,24)16-11-5-2-6-12-16/h1-14,21H,(H,20,22). The van der Waals surface area contributed by atoms with E-state index in [0.717, 1.165) is 0 Å². The third-order valence-electron chi connectivity index (χ3n) is 3.50. The smallest absolute Gasteiger partial charge is 0.261 e. The molecule has 0 unspecified atom stereocenters. The molecule has 5 nitrogen and oxygen atoms in total. The zero-order valence-corrected chi connectivity index (χ0v) is 14.0. The van der Waals surface area contributed by atoms with Gasteiger partial charge in [0.25, 0.3) is 15.9 Å². The van der Waals surface area contributed by atoms with Gasteiger partial charge in [-0.3, -0.25) is 9.52 Å². The van der Waals surface area contributed by atoms with E-state index in [-0.39, 0.29) is 16.1 Å². The van der Waals surface area contributed by atoms with Gasteiger partial charge in [0.2, 0.25) is 0 Å². The van der Waals surface area contributed by atoms with Crippen molar-refractivity contribution >= 4 is 27.3 Å². The van der Waals surface area contributed by atoms with E-state index in [1.54, 1.807) is 66.7 Å². The maximum absolute atomic E-state index is 12.5. The van der Waals surface area contributed by atoms with Crippen LogP contribution in [0.4, 0.5) is 11.4 Å². The number of amides is 1. The van der Waals surface area contributed by atoms with Gasteiger partial charge in [-0.2, -0.15) is 0 Å². The Morgan fingerprint density at radius 2 is 1.28 bits per heavy atom. The molecule has 0 spiro atoms. The van der Waals surface area contributed by atoms with Crippen molar-refractivity contribution in [3.05, 3.63) is 90.5 Å². The molecule has 0 saturated heterocycles. The quantitative estimate of drug-likeness (QED) is 0.734. The Balaban J connectivity index is 1.88. The highest BCUT2D eigenvalue weighted by atomic mass is 32.2. The summed E-state index contributed by atoms with van der Waals surface area (Å²) in [5.41, 5.74) is 1.10. The van der Waals surface area contributed by atoms with Gasteiger partial charge in [-0.25, -0.2) is 8.42 Å². The van der Waals surface area contributed by atoms with Gasteiger partial charge in [0.05, 0.1) is 16.1 Å². The van der Waals surface area contributed by atoms with E-state index >= 15 is 0 Å². The molecular weight excluding hydrogens is 336 g/mol. The average Bonchev–Trinajstić information content (AvgIpc) is 2.63. The first kappa shape index (κ1) is 16.7. The van der Waals surface area contributed by atoms with Crippen molar-refractivity contribution in [1.82, 2.24) is 0 Å². The minimum absolute atomic E-state index is 0.133. The number of nitrogens with one attached hydrogen (secondary N) is 2. The molecule has 0 heterocycles. The SMILES string of the molecule is O=C(Nc1ccccc1)c1ccccc1NS(=O)(=O)c1ccccc1. The summed E-state index contributed by atoms with van der Waals surface area (Å²) in [7, 11) is -3.77. The number of anilines is 2. The van der Waals surface area contributed by atoms with Gasteiger partial charge in [-0.05, 0) is 36.4 Å². The summed E-state index contributed by atoms with van der Waals surface area (Å²) in [5.74, 6) is -0.391. The van der Waals surface area contributed by atoms with Gasteiger partial charge in [0.1, 0.15) is 0 Å². The van der Waals surface area contributed by atoms with Crippen LogP contribution in [0.25, 0.3) is 0 Å². The van der Waals surface area contributed by atoms with Crippen molar-refractivity contribution in [2.24, 2.45) is 0 Å². The van der Waals surface area contributed by atoms with Crippen LogP contribution in [0.1, 0.15) is 10.4 Å². The van der Waals surface area contributed by atoms with E-state index in [0.29, 0.717) is 5.69 Å². The molecule has 3 aromatic carbocycles. The minimum atomic E-state index is -3.77. The zero-order valence-electron chi connectivity index (χ0n) is 13.2. The largest absolute Gasteiger partial charge is 0.322 e. The van der Waals surface area contributed by atoms with Crippen LogP contribution in [-0.4, -0.2) is 14.3 Å². The number of hydrogen-bond donors (Lipinski definition) is 2. The Hall–Kier alpha value is -3.12. The molecule has 0 radical (unpaired) electrons. The Morgan fingerprint density at radius 1 is 0.720 bits per heavy atom. The second-order valence-corrected chi connectivity index (χ2v) is 6.97. The zero-order chi connectivity index (χ0) is 17.7. The van der Waals surface area contributed by atoms with Crippen molar-refractivity contribution in [3.8, 4) is 0 Å². The van der Waals surface area contributed by atoms with Crippen LogP contribution in [0.2, 0.25) is 0 Å². The molecule has 6 heteroatoms. The molecule has 0 fully saturated rings. The third kappa shape index (κ3) is 4.05. The van der Waals surface area contributed by atoms with Crippen LogP contribution in [0.3, 0.4) is 0 Å². The minimum Gasteiger partial charge on any atom is -0.322 e. The first-order valence-corrected chi connectivity index (χ1v) is 9.08. The second kappa shape index (κ2) is 7.19. The second-order valence-electron chi connectivity index (χ2n) is 5.28. The fourth-order valence-corrected chi connectivity index (χ4v) is 3.39. The lowest BCUT2D eigenvalue weighted by atomic mass is 10.1. The lowest BCUT2D eigenvalue weighted by molar-refractivity contribution is 0.102. The lowest BCUT2D eigenvalue weighted by Crippen LogP contribution is -2.18. The number of para-hydroxylation sites is 2. The molecule has 126 valence electrons. The first-order chi connectivity index (χ1) is 12.1. The highest BCUT2D eigenvalue weighted by molar-refractivity contribution is 7.92. The molecular formula is C19H16N2O3S. The molecule has 3 aromatic rings. The topological polar surface area (TPSA) is 75.3 Å². The summed E-state index contributed by atoms with van der Waals surface area (Å²) >= 11 is 0. The average molecular weight is 352 g/mol. The monoisotopic (exact) mass is 352 g/mol.